The molecule has 0 bridgehead atoms. The lowest BCUT2D eigenvalue weighted by Crippen LogP contribution is -2.37. The molecular formula is C8H16N4O2S. The second-order valence-electron chi connectivity index (χ2n) is 3.42. The van der Waals surface area contributed by atoms with Gasteiger partial charge < -0.3 is 9.88 Å². The van der Waals surface area contributed by atoms with Crippen molar-refractivity contribution in [3.8, 4) is 0 Å². The van der Waals surface area contributed by atoms with Gasteiger partial charge in [-0.2, -0.15) is 0 Å². The minimum atomic E-state index is -3.47. The van der Waals surface area contributed by atoms with Crippen LogP contribution in [0.25, 0.3) is 0 Å². The van der Waals surface area contributed by atoms with E-state index in [-0.39, 0.29) is 11.1 Å². The Balaban J connectivity index is 2.68. The van der Waals surface area contributed by atoms with E-state index in [9.17, 15) is 8.42 Å². The predicted octanol–water partition coefficient (Wildman–Crippen LogP) is -0.694. The number of sulfonamides is 1. The lowest BCUT2D eigenvalue weighted by atomic mass is 10.4. The van der Waals surface area contributed by atoms with Gasteiger partial charge in [-0.25, -0.2) is 18.1 Å². The van der Waals surface area contributed by atoms with Crippen LogP contribution in [0.4, 0.5) is 0 Å². The second-order valence-corrected chi connectivity index (χ2v) is 5.13. The Labute approximate surface area is 89.8 Å². The number of hydrogen-bond acceptors (Lipinski definition) is 4. The molecule has 0 aromatic carbocycles. The number of hydrogen-bond donors (Lipinski definition) is 2. The van der Waals surface area contributed by atoms with Crippen LogP contribution in [0.2, 0.25) is 0 Å². The van der Waals surface area contributed by atoms with Gasteiger partial charge in [-0.15, -0.1) is 0 Å². The molecule has 15 heavy (non-hydrogen) atoms. The highest BCUT2D eigenvalue weighted by molar-refractivity contribution is 7.89. The lowest BCUT2D eigenvalue weighted by Gasteiger charge is -2.10. The lowest BCUT2D eigenvalue weighted by molar-refractivity contribution is 0.552. The molecule has 6 nitrogen and oxygen atoms in total. The van der Waals surface area contributed by atoms with Crippen LogP contribution in [0, 0.1) is 0 Å². The Morgan fingerprint density at radius 3 is 2.73 bits per heavy atom. The third-order valence-corrected chi connectivity index (χ3v) is 3.34. The Bertz CT molecular complexity index is 412. The number of nitrogens with zero attached hydrogens (tertiary/aromatic N) is 2. The summed E-state index contributed by atoms with van der Waals surface area (Å²) in [5.74, 6) is 0. The molecule has 1 aromatic rings. The predicted molar refractivity (Wildman–Crippen MR) is 56.9 cm³/mol. The van der Waals surface area contributed by atoms with Crippen molar-refractivity contribution < 1.29 is 8.42 Å². The van der Waals surface area contributed by atoms with Crippen molar-refractivity contribution in [2.75, 3.05) is 13.6 Å². The van der Waals surface area contributed by atoms with E-state index >= 15 is 0 Å². The third-order valence-electron chi connectivity index (χ3n) is 2.03. The molecule has 0 fully saturated rings. The van der Waals surface area contributed by atoms with E-state index in [4.69, 9.17) is 0 Å². The number of aromatic nitrogens is 2. The Kier molecular flexibility index (Phi) is 3.83. The molecule has 0 amide bonds. The first-order valence-corrected chi connectivity index (χ1v) is 6.09. The van der Waals surface area contributed by atoms with Crippen molar-refractivity contribution in [1.82, 2.24) is 19.6 Å². The first-order valence-electron chi connectivity index (χ1n) is 4.60. The molecule has 0 saturated heterocycles. The van der Waals surface area contributed by atoms with E-state index in [1.807, 2.05) is 6.92 Å². The van der Waals surface area contributed by atoms with Crippen LogP contribution in [-0.2, 0) is 17.1 Å². The van der Waals surface area contributed by atoms with Crippen molar-refractivity contribution in [2.24, 2.45) is 7.05 Å². The summed E-state index contributed by atoms with van der Waals surface area (Å²) < 4.78 is 27.4. The SMILES string of the molecule is CNC(C)CNS(=O)(=O)c1cn(C)cn1. The largest absolute Gasteiger partial charge is 0.339 e. The summed E-state index contributed by atoms with van der Waals surface area (Å²) >= 11 is 0. The highest BCUT2D eigenvalue weighted by atomic mass is 32.2. The van der Waals surface area contributed by atoms with Gasteiger partial charge in [0.1, 0.15) is 0 Å². The second kappa shape index (κ2) is 4.73. The monoisotopic (exact) mass is 232 g/mol. The van der Waals surface area contributed by atoms with Gasteiger partial charge in [-0.05, 0) is 14.0 Å². The third kappa shape index (κ3) is 3.29. The molecule has 1 rings (SSSR count). The zero-order chi connectivity index (χ0) is 11.5. The fourth-order valence-electron chi connectivity index (χ4n) is 0.938. The molecule has 1 aromatic heterocycles. The highest BCUT2D eigenvalue weighted by Gasteiger charge is 2.16. The van der Waals surface area contributed by atoms with Crippen molar-refractivity contribution in [2.45, 2.75) is 18.0 Å². The van der Waals surface area contributed by atoms with E-state index in [0.717, 1.165) is 0 Å². The van der Waals surface area contributed by atoms with Gasteiger partial charge in [0.05, 0.1) is 6.33 Å². The smallest absolute Gasteiger partial charge is 0.259 e. The van der Waals surface area contributed by atoms with Gasteiger partial charge in [0.15, 0.2) is 5.03 Å². The van der Waals surface area contributed by atoms with Crippen LogP contribution >= 0.6 is 0 Å². The Morgan fingerprint density at radius 1 is 1.60 bits per heavy atom. The van der Waals surface area contributed by atoms with Gasteiger partial charge in [0, 0.05) is 25.8 Å². The van der Waals surface area contributed by atoms with Gasteiger partial charge in [-0.1, -0.05) is 0 Å². The zero-order valence-corrected chi connectivity index (χ0v) is 9.87. The summed E-state index contributed by atoms with van der Waals surface area (Å²) in [4.78, 5) is 3.78. The summed E-state index contributed by atoms with van der Waals surface area (Å²) in [7, 11) is 0.0354. The summed E-state index contributed by atoms with van der Waals surface area (Å²) in [5, 5.41) is 2.99. The zero-order valence-electron chi connectivity index (χ0n) is 9.06. The van der Waals surface area contributed by atoms with Gasteiger partial charge >= 0.3 is 0 Å². The topological polar surface area (TPSA) is 76.0 Å². The standard InChI is InChI=1S/C8H16N4O2S/c1-7(9-2)4-11-15(13,14)8-5-12(3)6-10-8/h5-7,9,11H,4H2,1-3H3. The molecular weight excluding hydrogens is 216 g/mol. The number of nitrogens with one attached hydrogen (secondary N) is 2. The molecule has 0 saturated carbocycles. The van der Waals surface area contributed by atoms with Crippen molar-refractivity contribution >= 4 is 10.0 Å². The first-order chi connectivity index (χ1) is 6.95. The number of rotatable bonds is 5. The van der Waals surface area contributed by atoms with Crippen LogP contribution in [0.1, 0.15) is 6.92 Å². The molecule has 86 valence electrons. The van der Waals surface area contributed by atoms with Crippen LogP contribution in [0.5, 0.6) is 0 Å². The average Bonchev–Trinajstić information content (AvgIpc) is 2.62. The summed E-state index contributed by atoms with van der Waals surface area (Å²) in [6.07, 6.45) is 2.92. The molecule has 1 atom stereocenters. The molecule has 0 spiro atoms. The van der Waals surface area contributed by atoms with Crippen molar-refractivity contribution in [3.63, 3.8) is 0 Å². The molecule has 1 unspecified atom stereocenters. The van der Waals surface area contributed by atoms with Crippen LogP contribution in [0.3, 0.4) is 0 Å². The van der Waals surface area contributed by atoms with E-state index in [0.29, 0.717) is 6.54 Å². The molecule has 0 aliphatic heterocycles. The maximum atomic E-state index is 11.7. The van der Waals surface area contributed by atoms with Crippen molar-refractivity contribution in [1.29, 1.82) is 0 Å². The van der Waals surface area contributed by atoms with E-state index in [2.05, 4.69) is 15.0 Å². The quantitative estimate of drug-likeness (QED) is 0.704. The normalized spacial score (nSPS) is 14.1. The van der Waals surface area contributed by atoms with Crippen LogP contribution < -0.4 is 10.0 Å². The fraction of sp³-hybridized carbons (Fsp3) is 0.625. The Hall–Kier alpha value is -0.920. The number of likely N-dealkylation sites (N-methyl/N-ethyl adjacent to an activating group) is 1. The number of imidazole rings is 1. The Morgan fingerprint density at radius 2 is 2.27 bits per heavy atom. The molecule has 0 aliphatic rings. The van der Waals surface area contributed by atoms with Crippen LogP contribution in [0.15, 0.2) is 17.6 Å². The highest BCUT2D eigenvalue weighted by Crippen LogP contribution is 2.03. The molecule has 2 N–H and O–H groups in total. The number of aryl methyl sites for hydroxylation is 1. The minimum Gasteiger partial charge on any atom is -0.339 e. The average molecular weight is 232 g/mol. The molecule has 1 heterocycles. The summed E-state index contributed by atoms with van der Waals surface area (Å²) in [6, 6.07) is 0.0866. The van der Waals surface area contributed by atoms with Crippen LogP contribution in [-0.4, -0.2) is 37.6 Å². The molecule has 0 aliphatic carbocycles. The first kappa shape index (κ1) is 12.2. The van der Waals surface area contributed by atoms with Crippen molar-refractivity contribution in [3.05, 3.63) is 12.5 Å². The van der Waals surface area contributed by atoms with Gasteiger partial charge in [-0.3, -0.25) is 0 Å². The van der Waals surface area contributed by atoms with E-state index < -0.39 is 10.0 Å². The maximum absolute atomic E-state index is 11.7. The molecule has 0 radical (unpaired) electrons. The maximum Gasteiger partial charge on any atom is 0.259 e. The molecule has 7 heteroatoms. The minimum absolute atomic E-state index is 0.0494. The van der Waals surface area contributed by atoms with E-state index in [1.165, 1.54) is 12.5 Å². The van der Waals surface area contributed by atoms with Gasteiger partial charge in [0.25, 0.3) is 10.0 Å². The van der Waals surface area contributed by atoms with E-state index in [1.54, 1.807) is 18.7 Å². The fourth-order valence-corrected chi connectivity index (χ4v) is 2.05. The summed E-state index contributed by atoms with van der Waals surface area (Å²) in [5.41, 5.74) is 0. The van der Waals surface area contributed by atoms with Gasteiger partial charge in [0.2, 0.25) is 0 Å². The summed E-state index contributed by atoms with van der Waals surface area (Å²) in [6.45, 7) is 2.23.